The van der Waals surface area contributed by atoms with Gasteiger partial charge < -0.3 is 5.73 Å². The Balaban J connectivity index is 2.40. The lowest BCUT2D eigenvalue weighted by Gasteiger charge is -2.05. The van der Waals surface area contributed by atoms with Gasteiger partial charge in [0, 0.05) is 22.4 Å². The number of benzene rings is 2. The van der Waals surface area contributed by atoms with E-state index in [1.54, 1.807) is 6.07 Å². The lowest BCUT2D eigenvalue weighted by molar-refractivity contribution is 0.571. The second-order valence-corrected chi connectivity index (χ2v) is 7.69. The first-order valence-corrected chi connectivity index (χ1v) is 8.97. The molecule has 0 aliphatic heterocycles. The summed E-state index contributed by atoms with van der Waals surface area (Å²) in [7, 11) is -3.60. The zero-order chi connectivity index (χ0) is 16.5. The summed E-state index contributed by atoms with van der Waals surface area (Å²) in [6.45, 7) is 1.92. The molecule has 2 N–H and O–H groups in total. The summed E-state index contributed by atoms with van der Waals surface area (Å²) < 4.78 is 37.5. The zero-order valence-electron chi connectivity index (χ0n) is 12.0. The Labute approximate surface area is 136 Å². The summed E-state index contributed by atoms with van der Waals surface area (Å²) in [4.78, 5) is 3.77. The standard InChI is InChI=1S/C15H14BrFN2O2S/c1-9-7-10(3-5-12(9)16)15(18)19-11-4-6-14(13(17)8-11)22(2,20)21/h3-8H,1-2H3,(H2,18,19). The summed E-state index contributed by atoms with van der Waals surface area (Å²) in [6, 6.07) is 9.14. The van der Waals surface area contributed by atoms with Gasteiger partial charge in [-0.2, -0.15) is 0 Å². The number of nitrogens with zero attached hydrogens (tertiary/aromatic N) is 1. The van der Waals surface area contributed by atoms with Gasteiger partial charge >= 0.3 is 0 Å². The van der Waals surface area contributed by atoms with Crippen LogP contribution >= 0.6 is 15.9 Å². The van der Waals surface area contributed by atoms with E-state index >= 15 is 0 Å². The Morgan fingerprint density at radius 2 is 1.91 bits per heavy atom. The summed E-state index contributed by atoms with van der Waals surface area (Å²) in [5.74, 6) is -0.620. The molecule has 0 aliphatic rings. The lowest BCUT2D eigenvalue weighted by atomic mass is 10.1. The summed E-state index contributed by atoms with van der Waals surface area (Å²) in [6.07, 6.45) is 0.952. The minimum absolute atomic E-state index is 0.224. The molecule has 2 rings (SSSR count). The van der Waals surface area contributed by atoms with Crippen LogP contribution in [0.4, 0.5) is 10.1 Å². The highest BCUT2D eigenvalue weighted by molar-refractivity contribution is 9.10. The van der Waals surface area contributed by atoms with Crippen LogP contribution in [0.3, 0.4) is 0 Å². The maximum absolute atomic E-state index is 13.8. The fraction of sp³-hybridized carbons (Fsp3) is 0.133. The van der Waals surface area contributed by atoms with Crippen LogP contribution in [0.5, 0.6) is 0 Å². The number of hydrogen-bond acceptors (Lipinski definition) is 3. The van der Waals surface area contributed by atoms with Crippen molar-refractivity contribution in [2.24, 2.45) is 10.7 Å². The van der Waals surface area contributed by atoms with Gasteiger partial charge in [-0.1, -0.05) is 22.0 Å². The highest BCUT2D eigenvalue weighted by Crippen LogP contribution is 2.22. The molecule has 0 saturated carbocycles. The van der Waals surface area contributed by atoms with E-state index in [1.165, 1.54) is 12.1 Å². The third kappa shape index (κ3) is 3.72. The van der Waals surface area contributed by atoms with Gasteiger partial charge in [0.25, 0.3) is 0 Å². The number of hydrogen-bond donors (Lipinski definition) is 1. The van der Waals surface area contributed by atoms with Crippen molar-refractivity contribution in [1.82, 2.24) is 0 Å². The van der Waals surface area contributed by atoms with Crippen molar-refractivity contribution in [2.45, 2.75) is 11.8 Å². The summed E-state index contributed by atoms with van der Waals surface area (Å²) in [5, 5.41) is 0. The molecule has 0 aliphatic carbocycles. The van der Waals surface area contributed by atoms with Gasteiger partial charge in [0.1, 0.15) is 16.5 Å². The number of aliphatic imine (C=N–C) groups is 1. The molecule has 0 heterocycles. The number of nitrogens with two attached hydrogens (primary N) is 1. The van der Waals surface area contributed by atoms with Gasteiger partial charge in [0.2, 0.25) is 0 Å². The van der Waals surface area contributed by atoms with Crippen LogP contribution in [0, 0.1) is 12.7 Å². The van der Waals surface area contributed by atoms with E-state index in [-0.39, 0.29) is 16.4 Å². The Morgan fingerprint density at radius 3 is 2.45 bits per heavy atom. The van der Waals surface area contributed by atoms with Crippen molar-refractivity contribution >= 4 is 37.3 Å². The molecule has 0 saturated heterocycles. The largest absolute Gasteiger partial charge is 0.383 e. The smallest absolute Gasteiger partial charge is 0.178 e. The highest BCUT2D eigenvalue weighted by atomic mass is 79.9. The minimum Gasteiger partial charge on any atom is -0.383 e. The van der Waals surface area contributed by atoms with Crippen molar-refractivity contribution in [3.05, 3.63) is 57.8 Å². The molecular weight excluding hydrogens is 371 g/mol. The Bertz CT molecular complexity index is 864. The average Bonchev–Trinajstić information content (AvgIpc) is 2.40. The first kappa shape index (κ1) is 16.6. The van der Waals surface area contributed by atoms with Crippen LogP contribution in [0.2, 0.25) is 0 Å². The van der Waals surface area contributed by atoms with Gasteiger partial charge in [-0.25, -0.2) is 17.8 Å². The molecule has 2 aromatic carbocycles. The van der Waals surface area contributed by atoms with Crippen molar-refractivity contribution < 1.29 is 12.8 Å². The van der Waals surface area contributed by atoms with Gasteiger partial charge in [-0.05, 0) is 36.8 Å². The fourth-order valence-electron chi connectivity index (χ4n) is 1.87. The second-order valence-electron chi connectivity index (χ2n) is 4.85. The van der Waals surface area contributed by atoms with Crippen LogP contribution in [0.15, 0.2) is 50.8 Å². The summed E-state index contributed by atoms with van der Waals surface area (Å²) in [5.41, 5.74) is 7.86. The molecule has 0 radical (unpaired) electrons. The third-order valence-electron chi connectivity index (χ3n) is 3.02. The molecule has 0 aromatic heterocycles. The van der Waals surface area contributed by atoms with Gasteiger partial charge in [-0.15, -0.1) is 0 Å². The molecule has 22 heavy (non-hydrogen) atoms. The van der Waals surface area contributed by atoms with Crippen LogP contribution in [0.25, 0.3) is 0 Å². The van der Waals surface area contributed by atoms with E-state index in [4.69, 9.17) is 5.73 Å². The van der Waals surface area contributed by atoms with E-state index in [2.05, 4.69) is 20.9 Å². The highest BCUT2D eigenvalue weighted by Gasteiger charge is 2.13. The molecule has 0 amide bonds. The van der Waals surface area contributed by atoms with Crippen molar-refractivity contribution in [2.75, 3.05) is 6.26 Å². The Morgan fingerprint density at radius 1 is 1.23 bits per heavy atom. The molecule has 0 unspecified atom stereocenters. The minimum atomic E-state index is -3.60. The molecule has 7 heteroatoms. The average molecular weight is 385 g/mol. The molecule has 0 bridgehead atoms. The predicted molar refractivity (Wildman–Crippen MR) is 88.8 cm³/mol. The molecule has 0 spiro atoms. The number of sulfone groups is 1. The molecular formula is C15H14BrFN2O2S. The fourth-order valence-corrected chi connectivity index (χ4v) is 2.84. The molecule has 4 nitrogen and oxygen atoms in total. The van der Waals surface area contributed by atoms with Crippen molar-refractivity contribution in [3.8, 4) is 0 Å². The number of aryl methyl sites for hydroxylation is 1. The number of halogens is 2. The normalized spacial score (nSPS) is 12.5. The first-order valence-electron chi connectivity index (χ1n) is 6.29. The van der Waals surface area contributed by atoms with Gasteiger partial charge in [-0.3, -0.25) is 0 Å². The lowest BCUT2D eigenvalue weighted by Crippen LogP contribution is -2.13. The van der Waals surface area contributed by atoms with Crippen LogP contribution in [-0.2, 0) is 9.84 Å². The zero-order valence-corrected chi connectivity index (χ0v) is 14.4. The van der Waals surface area contributed by atoms with E-state index < -0.39 is 15.7 Å². The molecule has 0 fully saturated rings. The molecule has 2 aromatic rings. The van der Waals surface area contributed by atoms with Crippen LogP contribution < -0.4 is 5.73 Å². The van der Waals surface area contributed by atoms with E-state index in [1.807, 2.05) is 19.1 Å². The van der Waals surface area contributed by atoms with Crippen LogP contribution in [0.1, 0.15) is 11.1 Å². The number of rotatable bonds is 3. The quantitative estimate of drug-likeness (QED) is 0.651. The topological polar surface area (TPSA) is 72.5 Å². The maximum atomic E-state index is 13.8. The number of amidine groups is 1. The summed E-state index contributed by atoms with van der Waals surface area (Å²) >= 11 is 3.39. The first-order chi connectivity index (χ1) is 10.2. The van der Waals surface area contributed by atoms with Crippen LogP contribution in [-0.4, -0.2) is 20.5 Å². The monoisotopic (exact) mass is 384 g/mol. The third-order valence-corrected chi connectivity index (χ3v) is 5.04. The maximum Gasteiger partial charge on any atom is 0.178 e. The van der Waals surface area contributed by atoms with E-state index in [9.17, 15) is 12.8 Å². The van der Waals surface area contributed by atoms with Crippen molar-refractivity contribution in [3.63, 3.8) is 0 Å². The van der Waals surface area contributed by atoms with Gasteiger partial charge in [0.05, 0.1) is 5.69 Å². The predicted octanol–water partition coefficient (Wildman–Crippen LogP) is 3.34. The molecule has 0 atom stereocenters. The molecule has 116 valence electrons. The van der Waals surface area contributed by atoms with Crippen molar-refractivity contribution in [1.29, 1.82) is 0 Å². The Hall–Kier alpha value is -1.73. The van der Waals surface area contributed by atoms with E-state index in [0.717, 1.165) is 22.4 Å². The Kier molecular flexibility index (Phi) is 4.67. The SMILES string of the molecule is Cc1cc(C(N)=Nc2ccc(S(C)(=O)=O)c(F)c2)ccc1Br. The van der Waals surface area contributed by atoms with Gasteiger partial charge in [0.15, 0.2) is 9.84 Å². The second kappa shape index (κ2) is 6.18. The van der Waals surface area contributed by atoms with E-state index in [0.29, 0.717) is 5.56 Å².